The van der Waals surface area contributed by atoms with Gasteiger partial charge in [0.15, 0.2) is 0 Å². The zero-order valence-electron chi connectivity index (χ0n) is 10.6. The first-order valence-corrected chi connectivity index (χ1v) is 12.8. The summed E-state index contributed by atoms with van der Waals surface area (Å²) in [5.74, 6) is -0.670. The molecule has 0 unspecified atom stereocenters. The normalized spacial score (nSPS) is 8.47. The summed E-state index contributed by atoms with van der Waals surface area (Å²) < 4.78 is 43.0. The van der Waals surface area contributed by atoms with Gasteiger partial charge in [0, 0.05) is 6.42 Å². The van der Waals surface area contributed by atoms with Crippen LogP contribution in [0.25, 0.3) is 0 Å². The first kappa shape index (κ1) is 24.5. The molecule has 0 aliphatic carbocycles. The van der Waals surface area contributed by atoms with Gasteiger partial charge >= 0.3 is 72.1 Å². The Balaban J connectivity index is -0.000000238. The molecule has 0 heterocycles. The molecule has 11 heteroatoms. The summed E-state index contributed by atoms with van der Waals surface area (Å²) in [5, 5.41) is 15.4. The van der Waals surface area contributed by atoms with E-state index in [1.165, 1.54) is 19.3 Å². The molecule has 0 atom stereocenters. The average Bonchev–Trinajstić information content (AvgIpc) is 2.28. The van der Waals surface area contributed by atoms with Crippen LogP contribution in [-0.4, -0.2) is 67.8 Å². The predicted octanol–water partition coefficient (Wildman–Crippen LogP) is -0.298. The zero-order chi connectivity index (χ0) is 15.7. The maximum atomic E-state index is 10.0. The number of rotatable bonds is 7. The van der Waals surface area contributed by atoms with E-state index in [0.717, 1.165) is 12.8 Å². The van der Waals surface area contributed by atoms with Gasteiger partial charge in [-0.3, -0.25) is 4.79 Å². The summed E-state index contributed by atoms with van der Waals surface area (Å²) in [6.45, 7) is 2.15. The maximum absolute atomic E-state index is 10.0. The van der Waals surface area contributed by atoms with E-state index in [2.05, 4.69) is 10.1 Å². The molecule has 19 heavy (non-hydrogen) atoms. The number of hydrogen-bond acceptors (Lipinski definition) is 5. The third-order valence-electron chi connectivity index (χ3n) is 1.57. The molecule has 5 N–H and O–H groups in total. The number of carbonyl (C=O) groups is 1. The van der Waals surface area contributed by atoms with Gasteiger partial charge < -0.3 is 5.11 Å². The van der Waals surface area contributed by atoms with Gasteiger partial charge in [-0.1, -0.05) is 32.6 Å². The Morgan fingerprint density at radius 1 is 1.05 bits per heavy atom. The van der Waals surface area contributed by atoms with Crippen molar-refractivity contribution in [3.63, 3.8) is 0 Å². The standard InChI is InChI=1S/C8H16O2.H2O2.3H2O.2O.2Sn/c1-2-3-4-5-6-7-8(9)10;1-2;;;;;;;/h2-7H2,1H3,(H,9,10);1-2H;3*1H2;;;;/q;;;;;;;2*+2/p-4. The Hall–Kier alpha value is 0.467. The summed E-state index contributed by atoms with van der Waals surface area (Å²) >= 11 is -7.57. The Morgan fingerprint density at radius 2 is 1.42 bits per heavy atom. The van der Waals surface area contributed by atoms with Gasteiger partial charge in [-0.05, 0) is 6.42 Å². The van der Waals surface area contributed by atoms with Crippen LogP contribution in [0.15, 0.2) is 0 Å². The van der Waals surface area contributed by atoms with E-state index in [9.17, 15) is 7.87 Å². The van der Waals surface area contributed by atoms with Crippen LogP contribution in [-0.2, 0) is 14.2 Å². The van der Waals surface area contributed by atoms with Crippen molar-refractivity contribution < 1.29 is 34.9 Å². The molecule has 0 fully saturated rings. The summed E-state index contributed by atoms with van der Waals surface area (Å²) in [5.41, 5.74) is 0. The molecule has 0 aliphatic rings. The van der Waals surface area contributed by atoms with Crippen molar-refractivity contribution in [2.75, 3.05) is 0 Å². The molecule has 0 amide bonds. The van der Waals surface area contributed by atoms with Crippen LogP contribution in [0, 0.1) is 0 Å². The summed E-state index contributed by atoms with van der Waals surface area (Å²) in [7, 11) is 0. The molecule has 0 rings (SSSR count). The molecular weight excluding hydrogens is 478 g/mol. The molecular formula is C8H20O9Sn2. The third-order valence-corrected chi connectivity index (χ3v) is 2.02. The van der Waals surface area contributed by atoms with Crippen molar-refractivity contribution >= 4 is 47.1 Å². The quantitative estimate of drug-likeness (QED) is 0.138. The van der Waals surface area contributed by atoms with Crippen molar-refractivity contribution in [2.45, 2.75) is 45.4 Å². The third kappa shape index (κ3) is 55.9. The molecule has 9 nitrogen and oxygen atoms in total. The van der Waals surface area contributed by atoms with Crippen molar-refractivity contribution in [1.82, 2.24) is 0 Å². The fraction of sp³-hybridized carbons (Fsp3) is 0.875. The number of unbranched alkanes of at least 4 members (excludes halogenated alkanes) is 4. The fourth-order valence-electron chi connectivity index (χ4n) is 0.880. The Kier molecular flexibility index (Phi) is 26.8. The van der Waals surface area contributed by atoms with Crippen LogP contribution in [0.5, 0.6) is 0 Å². The van der Waals surface area contributed by atoms with Crippen LogP contribution in [0.4, 0.5) is 0 Å². The van der Waals surface area contributed by atoms with E-state index in [4.69, 9.17) is 23.8 Å². The van der Waals surface area contributed by atoms with Crippen LogP contribution in [0.2, 0.25) is 0 Å². The van der Waals surface area contributed by atoms with Gasteiger partial charge in [0.2, 0.25) is 0 Å². The Labute approximate surface area is 127 Å². The molecule has 0 aliphatic heterocycles. The van der Waals surface area contributed by atoms with Gasteiger partial charge in [0.25, 0.3) is 0 Å². The van der Waals surface area contributed by atoms with Crippen molar-refractivity contribution in [2.24, 2.45) is 0 Å². The Morgan fingerprint density at radius 3 is 1.68 bits per heavy atom. The van der Waals surface area contributed by atoms with Gasteiger partial charge in [-0.25, -0.2) is 0 Å². The second-order valence-corrected chi connectivity index (χ2v) is 6.85. The summed E-state index contributed by atoms with van der Waals surface area (Å²) in [6.07, 6.45) is 5.88. The van der Waals surface area contributed by atoms with Gasteiger partial charge in [-0.2, -0.15) is 0 Å². The molecule has 114 valence electrons. The predicted molar refractivity (Wildman–Crippen MR) is 64.3 cm³/mol. The van der Waals surface area contributed by atoms with E-state index >= 15 is 0 Å². The molecule has 0 saturated heterocycles. The first-order valence-electron chi connectivity index (χ1n) is 5.45. The van der Waals surface area contributed by atoms with E-state index in [1.807, 2.05) is 0 Å². The zero-order valence-corrected chi connectivity index (χ0v) is 16.3. The van der Waals surface area contributed by atoms with Crippen LogP contribution in [0.1, 0.15) is 45.4 Å². The fourth-order valence-corrected chi connectivity index (χ4v) is 0.880. The van der Waals surface area contributed by atoms with Gasteiger partial charge in [0.05, 0.1) is 0 Å². The van der Waals surface area contributed by atoms with Crippen LogP contribution < -0.4 is 0 Å². The minimum atomic E-state index is -3.79. The van der Waals surface area contributed by atoms with Gasteiger partial charge in [-0.15, -0.1) is 0 Å². The monoisotopic (exact) mass is 500 g/mol. The molecule has 0 aromatic heterocycles. The van der Waals surface area contributed by atoms with Crippen molar-refractivity contribution in [3.05, 3.63) is 0 Å². The molecule has 0 radical (unpaired) electrons. The van der Waals surface area contributed by atoms with Crippen molar-refractivity contribution in [3.8, 4) is 0 Å². The van der Waals surface area contributed by atoms with Crippen LogP contribution in [0.3, 0.4) is 0 Å². The molecule has 0 spiro atoms. The average molecular weight is 498 g/mol. The summed E-state index contributed by atoms with van der Waals surface area (Å²) in [4.78, 5) is 10.0. The SMILES string of the molecule is CCCCCCCC(=O)O.[O]=[Sn]([OH])[OH].[O]=[Sn]([OH])[O]O. The summed E-state index contributed by atoms with van der Waals surface area (Å²) in [6, 6.07) is 0. The Bertz CT molecular complexity index is 242. The topological polar surface area (TPSA) is 162 Å². The number of aliphatic carboxylic acids is 1. The van der Waals surface area contributed by atoms with E-state index < -0.39 is 47.1 Å². The van der Waals surface area contributed by atoms with Crippen LogP contribution >= 0.6 is 0 Å². The first-order chi connectivity index (χ1) is 8.77. The van der Waals surface area contributed by atoms with E-state index in [-0.39, 0.29) is 0 Å². The molecule has 0 aromatic rings. The minimum absolute atomic E-state index is 0.337. The number of carboxylic acids is 1. The second kappa shape index (κ2) is 20.8. The van der Waals surface area contributed by atoms with E-state index in [1.54, 1.807) is 0 Å². The van der Waals surface area contributed by atoms with E-state index in [0.29, 0.717) is 6.42 Å². The van der Waals surface area contributed by atoms with Gasteiger partial charge in [0.1, 0.15) is 0 Å². The number of hydrogen-bond donors (Lipinski definition) is 5. The molecule has 0 aromatic carbocycles. The number of carboxylic acid groups (broad SMARTS) is 1. The molecule has 0 saturated carbocycles. The van der Waals surface area contributed by atoms with Crippen molar-refractivity contribution in [1.29, 1.82) is 0 Å². The second-order valence-electron chi connectivity index (χ2n) is 3.20. The molecule has 0 bridgehead atoms.